The lowest BCUT2D eigenvalue weighted by Gasteiger charge is -2.16. The van der Waals surface area contributed by atoms with Gasteiger partial charge in [-0.15, -0.1) is 11.8 Å². The zero-order valence-electron chi connectivity index (χ0n) is 12.5. The Morgan fingerprint density at radius 2 is 2.05 bits per heavy atom. The van der Waals surface area contributed by atoms with Gasteiger partial charge in [0.2, 0.25) is 0 Å². The molecule has 0 amide bonds. The molecule has 1 aromatic heterocycles. The van der Waals surface area contributed by atoms with Gasteiger partial charge in [-0.05, 0) is 37.6 Å². The fourth-order valence-electron chi connectivity index (χ4n) is 2.09. The van der Waals surface area contributed by atoms with Gasteiger partial charge in [0.05, 0.1) is 0 Å². The maximum absolute atomic E-state index is 6.22. The summed E-state index contributed by atoms with van der Waals surface area (Å²) in [6.45, 7) is 5.38. The van der Waals surface area contributed by atoms with Crippen molar-refractivity contribution in [2.75, 3.05) is 6.54 Å². The monoisotopic (exact) mass is 320 g/mol. The molecule has 2 rings (SSSR count). The number of halogens is 1. The number of nitrogens with zero attached hydrogens (tertiary/aromatic N) is 1. The molecular weight excluding hydrogens is 300 g/mol. The van der Waals surface area contributed by atoms with Crippen molar-refractivity contribution in [3.05, 3.63) is 58.7 Å². The number of pyridine rings is 1. The van der Waals surface area contributed by atoms with E-state index in [9.17, 15) is 0 Å². The van der Waals surface area contributed by atoms with E-state index >= 15 is 0 Å². The Kier molecular flexibility index (Phi) is 6.55. The van der Waals surface area contributed by atoms with Gasteiger partial charge in [-0.2, -0.15) is 0 Å². The Morgan fingerprint density at radius 3 is 2.81 bits per heavy atom. The lowest BCUT2D eigenvalue weighted by molar-refractivity contribution is 0.560. The van der Waals surface area contributed by atoms with E-state index in [1.807, 2.05) is 30.5 Å². The Hall–Kier alpha value is -1.03. The summed E-state index contributed by atoms with van der Waals surface area (Å²) in [7, 11) is 0. The summed E-state index contributed by atoms with van der Waals surface area (Å²) in [4.78, 5) is 4.53. The second kappa shape index (κ2) is 8.42. The third-order valence-electron chi connectivity index (χ3n) is 3.29. The van der Waals surface area contributed by atoms with Crippen molar-refractivity contribution in [1.29, 1.82) is 0 Å². The van der Waals surface area contributed by atoms with Crippen molar-refractivity contribution in [2.45, 2.75) is 37.1 Å². The Balaban J connectivity index is 2.08. The molecule has 1 unspecified atom stereocenters. The van der Waals surface area contributed by atoms with Gasteiger partial charge in [-0.3, -0.25) is 0 Å². The van der Waals surface area contributed by atoms with Crippen LogP contribution in [0.25, 0.3) is 0 Å². The first-order valence-corrected chi connectivity index (χ1v) is 8.63. The highest BCUT2D eigenvalue weighted by molar-refractivity contribution is 7.98. The van der Waals surface area contributed by atoms with Crippen LogP contribution in [0.1, 0.15) is 37.4 Å². The van der Waals surface area contributed by atoms with Gasteiger partial charge >= 0.3 is 0 Å². The summed E-state index contributed by atoms with van der Waals surface area (Å²) in [6, 6.07) is 12.4. The zero-order valence-corrected chi connectivity index (χ0v) is 14.0. The molecular formula is C17H21ClN2S. The van der Waals surface area contributed by atoms with E-state index in [1.54, 1.807) is 11.8 Å². The molecule has 0 saturated carbocycles. The highest BCUT2D eigenvalue weighted by Gasteiger charge is 2.11. The quantitative estimate of drug-likeness (QED) is 0.719. The van der Waals surface area contributed by atoms with E-state index in [-0.39, 0.29) is 0 Å². The SMILES string of the molecule is CCCNC(C)c1cccnc1SCc1ccccc1Cl. The molecule has 0 aliphatic carbocycles. The molecule has 2 aromatic rings. The van der Waals surface area contributed by atoms with Gasteiger partial charge in [0.1, 0.15) is 5.03 Å². The second-order valence-electron chi connectivity index (χ2n) is 4.95. The predicted octanol–water partition coefficient (Wildman–Crippen LogP) is 5.09. The number of thioether (sulfide) groups is 1. The molecule has 21 heavy (non-hydrogen) atoms. The fraction of sp³-hybridized carbons (Fsp3) is 0.353. The molecule has 112 valence electrons. The molecule has 0 fully saturated rings. The smallest absolute Gasteiger partial charge is 0.101 e. The van der Waals surface area contributed by atoms with Crippen LogP contribution in [-0.4, -0.2) is 11.5 Å². The Labute approximate surface area is 136 Å². The number of nitrogens with one attached hydrogen (secondary N) is 1. The molecule has 4 heteroatoms. The van der Waals surface area contributed by atoms with Gasteiger partial charge in [0, 0.05) is 28.6 Å². The zero-order chi connectivity index (χ0) is 15.1. The average molecular weight is 321 g/mol. The Bertz CT molecular complexity index is 574. The van der Waals surface area contributed by atoms with Crippen molar-refractivity contribution in [1.82, 2.24) is 10.3 Å². The summed E-state index contributed by atoms with van der Waals surface area (Å²) in [5, 5.41) is 5.42. The van der Waals surface area contributed by atoms with Crippen LogP contribution in [0.2, 0.25) is 5.02 Å². The number of benzene rings is 1. The fourth-order valence-corrected chi connectivity index (χ4v) is 3.46. The van der Waals surface area contributed by atoms with E-state index in [1.165, 1.54) is 5.56 Å². The summed E-state index contributed by atoms with van der Waals surface area (Å²) >= 11 is 7.96. The minimum absolute atomic E-state index is 0.312. The van der Waals surface area contributed by atoms with Gasteiger partial charge < -0.3 is 5.32 Å². The minimum Gasteiger partial charge on any atom is -0.310 e. The summed E-state index contributed by atoms with van der Waals surface area (Å²) in [5.41, 5.74) is 2.40. The van der Waals surface area contributed by atoms with Gasteiger partial charge in [0.15, 0.2) is 0 Å². The van der Waals surface area contributed by atoms with Crippen LogP contribution in [0.5, 0.6) is 0 Å². The maximum Gasteiger partial charge on any atom is 0.101 e. The molecule has 0 aliphatic rings. The van der Waals surface area contributed by atoms with Gasteiger partial charge in [-0.1, -0.05) is 42.8 Å². The number of hydrogen-bond donors (Lipinski definition) is 1. The normalized spacial score (nSPS) is 12.3. The topological polar surface area (TPSA) is 24.9 Å². The molecule has 2 nitrogen and oxygen atoms in total. The lowest BCUT2D eigenvalue weighted by Crippen LogP contribution is -2.20. The highest BCUT2D eigenvalue weighted by Crippen LogP contribution is 2.30. The first-order valence-electron chi connectivity index (χ1n) is 7.27. The molecule has 1 N–H and O–H groups in total. The van der Waals surface area contributed by atoms with Crippen LogP contribution < -0.4 is 5.32 Å². The molecule has 0 bridgehead atoms. The predicted molar refractivity (Wildman–Crippen MR) is 92.0 cm³/mol. The van der Waals surface area contributed by atoms with Crippen LogP contribution in [0, 0.1) is 0 Å². The van der Waals surface area contributed by atoms with E-state index in [0.717, 1.165) is 34.3 Å². The standard InChI is InChI=1S/C17H21ClN2S/c1-3-10-19-13(2)15-8-6-11-20-17(15)21-12-14-7-4-5-9-16(14)18/h4-9,11,13,19H,3,10,12H2,1-2H3. The van der Waals surface area contributed by atoms with Gasteiger partial charge in [0.25, 0.3) is 0 Å². The molecule has 1 aromatic carbocycles. The number of rotatable bonds is 7. The minimum atomic E-state index is 0.312. The van der Waals surface area contributed by atoms with Crippen LogP contribution in [0.3, 0.4) is 0 Å². The summed E-state index contributed by atoms with van der Waals surface area (Å²) < 4.78 is 0. The number of hydrogen-bond acceptors (Lipinski definition) is 3. The molecule has 0 saturated heterocycles. The van der Waals surface area contributed by atoms with Crippen LogP contribution in [0.4, 0.5) is 0 Å². The largest absolute Gasteiger partial charge is 0.310 e. The van der Waals surface area contributed by atoms with Crippen LogP contribution >= 0.6 is 23.4 Å². The van der Waals surface area contributed by atoms with Crippen molar-refractivity contribution < 1.29 is 0 Å². The Morgan fingerprint density at radius 1 is 1.24 bits per heavy atom. The molecule has 0 spiro atoms. The van der Waals surface area contributed by atoms with Crippen molar-refractivity contribution >= 4 is 23.4 Å². The summed E-state index contributed by atoms with van der Waals surface area (Å²) in [6.07, 6.45) is 2.98. The summed E-state index contributed by atoms with van der Waals surface area (Å²) in [5.74, 6) is 0.837. The maximum atomic E-state index is 6.22. The van der Waals surface area contributed by atoms with Crippen molar-refractivity contribution in [2.24, 2.45) is 0 Å². The van der Waals surface area contributed by atoms with E-state index in [2.05, 4.69) is 36.3 Å². The molecule has 1 atom stereocenters. The van der Waals surface area contributed by atoms with E-state index < -0.39 is 0 Å². The van der Waals surface area contributed by atoms with Crippen LogP contribution in [-0.2, 0) is 5.75 Å². The number of aromatic nitrogens is 1. The first kappa shape index (κ1) is 16.3. The highest BCUT2D eigenvalue weighted by atomic mass is 35.5. The third kappa shape index (κ3) is 4.73. The van der Waals surface area contributed by atoms with Gasteiger partial charge in [-0.25, -0.2) is 4.98 Å². The third-order valence-corrected chi connectivity index (χ3v) is 4.73. The van der Waals surface area contributed by atoms with Crippen LogP contribution in [0.15, 0.2) is 47.6 Å². The van der Waals surface area contributed by atoms with Crippen molar-refractivity contribution in [3.63, 3.8) is 0 Å². The van der Waals surface area contributed by atoms with E-state index in [4.69, 9.17) is 11.6 Å². The average Bonchev–Trinajstić information content (AvgIpc) is 2.52. The second-order valence-corrected chi connectivity index (χ2v) is 6.32. The van der Waals surface area contributed by atoms with Crippen molar-refractivity contribution in [3.8, 4) is 0 Å². The van der Waals surface area contributed by atoms with E-state index in [0.29, 0.717) is 6.04 Å². The first-order chi connectivity index (χ1) is 10.2. The molecule has 0 radical (unpaired) electrons. The lowest BCUT2D eigenvalue weighted by atomic mass is 10.1. The molecule has 1 heterocycles. The molecule has 0 aliphatic heterocycles.